The molecule has 0 saturated carbocycles. The van der Waals surface area contributed by atoms with Gasteiger partial charge >= 0.3 is 0 Å². The number of hydrogen-bond donors (Lipinski definition) is 2. The number of thiazole rings is 1. The van der Waals surface area contributed by atoms with Crippen LogP contribution in [0, 0.1) is 0 Å². The number of carbonyl (C=O) groups excluding carboxylic acids is 1. The lowest BCUT2D eigenvalue weighted by Crippen LogP contribution is -2.55. The third kappa shape index (κ3) is 2.96. The summed E-state index contributed by atoms with van der Waals surface area (Å²) in [4.78, 5) is 18.7. The van der Waals surface area contributed by atoms with Crippen molar-refractivity contribution in [2.45, 2.75) is 56.7 Å². The maximum atomic E-state index is 12.1. The van der Waals surface area contributed by atoms with Crippen LogP contribution >= 0.6 is 11.3 Å². The third-order valence-corrected chi connectivity index (χ3v) is 5.34. The van der Waals surface area contributed by atoms with Gasteiger partial charge in [0, 0.05) is 23.5 Å². The molecular weight excluding hydrogens is 272 g/mol. The van der Waals surface area contributed by atoms with E-state index in [-0.39, 0.29) is 5.91 Å². The number of hydrogen-bond acceptors (Lipinski definition) is 5. The van der Waals surface area contributed by atoms with E-state index in [1.54, 1.807) is 0 Å². The third-order valence-electron chi connectivity index (χ3n) is 4.62. The molecule has 6 heteroatoms. The number of carbonyl (C=O) groups is 1. The van der Waals surface area contributed by atoms with Crippen LogP contribution in [-0.4, -0.2) is 41.0 Å². The average molecular weight is 294 g/mol. The van der Waals surface area contributed by atoms with E-state index in [0.29, 0.717) is 29.7 Å². The van der Waals surface area contributed by atoms with Gasteiger partial charge in [0.25, 0.3) is 0 Å². The highest BCUT2D eigenvalue weighted by Crippen LogP contribution is 2.32. The molecule has 0 aliphatic carbocycles. The van der Waals surface area contributed by atoms with E-state index in [0.717, 1.165) is 18.5 Å². The molecule has 3 N–H and O–H groups in total. The average Bonchev–Trinajstić information content (AvgIpc) is 2.76. The molecular formula is C14H22N4OS. The number of nitrogens with one attached hydrogen (secondary N) is 1. The van der Waals surface area contributed by atoms with Gasteiger partial charge < -0.3 is 16.0 Å². The van der Waals surface area contributed by atoms with E-state index in [4.69, 9.17) is 5.73 Å². The van der Waals surface area contributed by atoms with E-state index in [1.807, 2.05) is 5.38 Å². The standard InChI is InChI=1S/C14H22N4OS/c1-18-11-3-2-4-12(18)6-9(5-11)16-13(19)7-10-8-20-14(15)17-10/h8-9,11-12H,2-7H2,1H3,(H2,15,17)(H,16,19). The minimum Gasteiger partial charge on any atom is -0.375 e. The van der Waals surface area contributed by atoms with Crippen molar-refractivity contribution in [3.8, 4) is 0 Å². The van der Waals surface area contributed by atoms with Crippen LogP contribution in [0.5, 0.6) is 0 Å². The molecule has 5 nitrogen and oxygen atoms in total. The number of rotatable bonds is 3. The first-order valence-electron chi connectivity index (χ1n) is 7.33. The van der Waals surface area contributed by atoms with Gasteiger partial charge in [-0.1, -0.05) is 6.42 Å². The lowest BCUT2D eigenvalue weighted by atomic mass is 9.82. The van der Waals surface area contributed by atoms with Crippen molar-refractivity contribution in [2.75, 3.05) is 12.8 Å². The summed E-state index contributed by atoms with van der Waals surface area (Å²) < 4.78 is 0. The molecule has 20 heavy (non-hydrogen) atoms. The number of aromatic nitrogens is 1. The normalized spacial score (nSPS) is 30.1. The molecule has 0 spiro atoms. The zero-order chi connectivity index (χ0) is 14.1. The van der Waals surface area contributed by atoms with Gasteiger partial charge in [-0.2, -0.15) is 0 Å². The van der Waals surface area contributed by atoms with Crippen molar-refractivity contribution in [1.82, 2.24) is 15.2 Å². The molecule has 3 heterocycles. The fraction of sp³-hybridized carbons (Fsp3) is 0.714. The molecule has 1 aromatic rings. The maximum absolute atomic E-state index is 12.1. The molecule has 3 rings (SSSR count). The van der Waals surface area contributed by atoms with Gasteiger partial charge in [0.2, 0.25) is 5.91 Å². The predicted octanol–water partition coefficient (Wildman–Crippen LogP) is 1.40. The van der Waals surface area contributed by atoms with Crippen LogP contribution < -0.4 is 11.1 Å². The number of amides is 1. The lowest BCUT2D eigenvalue weighted by Gasteiger charge is -2.47. The van der Waals surface area contributed by atoms with Gasteiger partial charge in [-0.15, -0.1) is 11.3 Å². The number of nitrogen functional groups attached to an aromatic ring is 1. The van der Waals surface area contributed by atoms with Crippen molar-refractivity contribution >= 4 is 22.4 Å². The second-order valence-corrected chi connectivity index (χ2v) is 6.88. The van der Waals surface area contributed by atoms with Crippen LogP contribution in [0.1, 0.15) is 37.8 Å². The molecule has 2 fully saturated rings. The molecule has 2 aliphatic rings. The summed E-state index contributed by atoms with van der Waals surface area (Å²) in [6.07, 6.45) is 6.37. The molecule has 110 valence electrons. The quantitative estimate of drug-likeness (QED) is 0.884. The van der Waals surface area contributed by atoms with Crippen LogP contribution in [0.15, 0.2) is 5.38 Å². The van der Waals surface area contributed by atoms with E-state index in [2.05, 4.69) is 22.2 Å². The first-order valence-corrected chi connectivity index (χ1v) is 8.21. The van der Waals surface area contributed by atoms with E-state index in [1.165, 1.54) is 30.6 Å². The minimum atomic E-state index is 0.0722. The topological polar surface area (TPSA) is 71.2 Å². The van der Waals surface area contributed by atoms with Crippen molar-refractivity contribution in [1.29, 1.82) is 0 Å². The predicted molar refractivity (Wildman–Crippen MR) is 80.6 cm³/mol. The number of fused-ring (bicyclic) bond motifs is 2. The van der Waals surface area contributed by atoms with Gasteiger partial charge in [-0.25, -0.2) is 4.98 Å². The van der Waals surface area contributed by atoms with E-state index in [9.17, 15) is 4.79 Å². The molecule has 0 aromatic carbocycles. The zero-order valence-corrected chi connectivity index (χ0v) is 12.7. The maximum Gasteiger partial charge on any atom is 0.226 e. The first kappa shape index (κ1) is 13.8. The Labute approximate surface area is 123 Å². The van der Waals surface area contributed by atoms with Crippen LogP contribution in [0.4, 0.5) is 5.13 Å². The Kier molecular flexibility index (Phi) is 3.94. The highest BCUT2D eigenvalue weighted by atomic mass is 32.1. The van der Waals surface area contributed by atoms with E-state index >= 15 is 0 Å². The highest BCUT2D eigenvalue weighted by Gasteiger charge is 2.36. The summed E-state index contributed by atoms with van der Waals surface area (Å²) in [6.45, 7) is 0. The van der Waals surface area contributed by atoms with Crippen LogP contribution in [0.25, 0.3) is 0 Å². The van der Waals surface area contributed by atoms with Gasteiger partial charge in [0.1, 0.15) is 0 Å². The molecule has 2 bridgehead atoms. The van der Waals surface area contributed by atoms with Gasteiger partial charge in [0.05, 0.1) is 12.1 Å². The van der Waals surface area contributed by atoms with Gasteiger partial charge in [0.15, 0.2) is 5.13 Å². The van der Waals surface area contributed by atoms with Gasteiger partial charge in [-0.05, 0) is 32.7 Å². The highest BCUT2D eigenvalue weighted by molar-refractivity contribution is 7.13. The summed E-state index contributed by atoms with van der Waals surface area (Å²) in [6, 6.07) is 1.61. The summed E-state index contributed by atoms with van der Waals surface area (Å²) in [5, 5.41) is 5.57. The molecule has 2 atom stereocenters. The molecule has 2 saturated heterocycles. The molecule has 1 amide bonds. The minimum absolute atomic E-state index is 0.0722. The number of anilines is 1. The monoisotopic (exact) mass is 294 g/mol. The SMILES string of the molecule is CN1C2CCCC1CC(NC(=O)Cc1csc(N)n1)C2. The first-order chi connectivity index (χ1) is 9.61. The van der Waals surface area contributed by atoms with Crippen molar-refractivity contribution in [3.63, 3.8) is 0 Å². The van der Waals surface area contributed by atoms with E-state index < -0.39 is 0 Å². The van der Waals surface area contributed by atoms with Gasteiger partial charge in [-0.3, -0.25) is 4.79 Å². The summed E-state index contributed by atoms with van der Waals surface area (Å²) >= 11 is 1.39. The summed E-state index contributed by atoms with van der Waals surface area (Å²) in [5.74, 6) is 0.0722. The Balaban J connectivity index is 1.54. The molecule has 1 aromatic heterocycles. The fourth-order valence-electron chi connectivity index (χ4n) is 3.58. The fourth-order valence-corrected chi connectivity index (χ4v) is 4.14. The number of nitrogens with two attached hydrogens (primary N) is 1. The summed E-state index contributed by atoms with van der Waals surface area (Å²) in [7, 11) is 2.23. The second-order valence-electron chi connectivity index (χ2n) is 5.99. The Hall–Kier alpha value is -1.14. The Bertz CT molecular complexity index is 475. The lowest BCUT2D eigenvalue weighted by molar-refractivity contribution is -0.122. The van der Waals surface area contributed by atoms with Crippen molar-refractivity contribution < 1.29 is 4.79 Å². The Morgan fingerprint density at radius 3 is 2.80 bits per heavy atom. The van der Waals surface area contributed by atoms with Crippen LogP contribution in [0.2, 0.25) is 0 Å². The Morgan fingerprint density at radius 2 is 2.20 bits per heavy atom. The largest absolute Gasteiger partial charge is 0.375 e. The van der Waals surface area contributed by atoms with Crippen LogP contribution in [-0.2, 0) is 11.2 Å². The molecule has 0 radical (unpaired) electrons. The van der Waals surface area contributed by atoms with Crippen LogP contribution in [0.3, 0.4) is 0 Å². The zero-order valence-electron chi connectivity index (χ0n) is 11.8. The molecule has 2 unspecified atom stereocenters. The Morgan fingerprint density at radius 1 is 1.50 bits per heavy atom. The molecule has 2 aliphatic heterocycles. The van der Waals surface area contributed by atoms with Crippen molar-refractivity contribution in [3.05, 3.63) is 11.1 Å². The number of nitrogens with zero attached hydrogens (tertiary/aromatic N) is 2. The van der Waals surface area contributed by atoms with Crippen molar-refractivity contribution in [2.24, 2.45) is 0 Å². The second kappa shape index (κ2) is 5.69. The summed E-state index contributed by atoms with van der Waals surface area (Å²) in [5.41, 5.74) is 6.36. The smallest absolute Gasteiger partial charge is 0.226 e. The number of piperidine rings is 2.